The largest absolute Gasteiger partial charge is 0.462 e. The topological polar surface area (TPSA) is 46.6 Å². The first-order valence-electron chi connectivity index (χ1n) is 7.00. The van der Waals surface area contributed by atoms with E-state index < -0.39 is 5.97 Å². The summed E-state index contributed by atoms with van der Waals surface area (Å²) in [6, 6.07) is 7.93. The second kappa shape index (κ2) is 8.25. The zero-order chi connectivity index (χ0) is 15.8. The molecular formula is C17H23NO3. The van der Waals surface area contributed by atoms with Gasteiger partial charge in [-0.05, 0) is 31.0 Å². The number of nitrogens with zero attached hydrogens (tertiary/aromatic N) is 1. The number of carbonyl (C=O) groups excluding carboxylic acids is 2. The summed E-state index contributed by atoms with van der Waals surface area (Å²) in [5, 5.41) is 0. The molecule has 0 amide bonds. The zero-order valence-corrected chi connectivity index (χ0v) is 13.0. The van der Waals surface area contributed by atoms with Gasteiger partial charge >= 0.3 is 5.97 Å². The van der Waals surface area contributed by atoms with Crippen molar-refractivity contribution in [3.8, 4) is 0 Å². The standard InChI is InChI=1S/C17H23NO3/c1-13(2)17(20)21-11-5-6-16(19)12-14-7-9-15(10-8-14)18(3)4/h7-10H,1,5-6,11-12H2,2-4H3. The lowest BCUT2D eigenvalue weighted by Gasteiger charge is -2.12. The summed E-state index contributed by atoms with van der Waals surface area (Å²) in [6.45, 7) is 5.36. The van der Waals surface area contributed by atoms with Crippen LogP contribution in [0.25, 0.3) is 0 Å². The predicted molar refractivity (Wildman–Crippen MR) is 84.5 cm³/mol. The van der Waals surface area contributed by atoms with Crippen molar-refractivity contribution in [3.63, 3.8) is 0 Å². The van der Waals surface area contributed by atoms with E-state index in [1.54, 1.807) is 6.92 Å². The van der Waals surface area contributed by atoms with Gasteiger partial charge in [-0.2, -0.15) is 0 Å². The highest BCUT2D eigenvalue weighted by Crippen LogP contribution is 2.13. The first-order valence-corrected chi connectivity index (χ1v) is 7.00. The van der Waals surface area contributed by atoms with Gasteiger partial charge in [0.15, 0.2) is 0 Å². The molecule has 0 bridgehead atoms. The lowest BCUT2D eigenvalue weighted by molar-refractivity contribution is -0.139. The van der Waals surface area contributed by atoms with Crippen LogP contribution in [0.4, 0.5) is 5.69 Å². The maximum absolute atomic E-state index is 11.8. The number of rotatable bonds is 8. The van der Waals surface area contributed by atoms with Gasteiger partial charge in [-0.3, -0.25) is 4.79 Å². The van der Waals surface area contributed by atoms with Gasteiger partial charge in [0.25, 0.3) is 0 Å². The highest BCUT2D eigenvalue weighted by molar-refractivity contribution is 5.87. The van der Waals surface area contributed by atoms with Crippen LogP contribution in [0.5, 0.6) is 0 Å². The van der Waals surface area contributed by atoms with Gasteiger partial charge in [-0.1, -0.05) is 18.7 Å². The van der Waals surface area contributed by atoms with E-state index in [4.69, 9.17) is 4.74 Å². The quantitative estimate of drug-likeness (QED) is 0.419. The Labute approximate surface area is 126 Å². The van der Waals surface area contributed by atoms with Gasteiger partial charge in [0.1, 0.15) is 5.78 Å². The SMILES string of the molecule is C=C(C)C(=O)OCCCC(=O)Cc1ccc(N(C)C)cc1. The normalized spacial score (nSPS) is 10.0. The molecule has 0 fully saturated rings. The molecule has 21 heavy (non-hydrogen) atoms. The number of Topliss-reactive ketones (excluding diaryl/α,β-unsaturated/α-hetero) is 1. The van der Waals surface area contributed by atoms with E-state index in [0.717, 1.165) is 11.3 Å². The van der Waals surface area contributed by atoms with E-state index in [1.165, 1.54) is 0 Å². The van der Waals surface area contributed by atoms with Gasteiger partial charge < -0.3 is 9.64 Å². The van der Waals surface area contributed by atoms with Crippen molar-refractivity contribution >= 4 is 17.4 Å². The molecule has 4 heteroatoms. The van der Waals surface area contributed by atoms with Crippen LogP contribution in [0.3, 0.4) is 0 Å². The molecule has 1 rings (SSSR count). The zero-order valence-electron chi connectivity index (χ0n) is 13.0. The summed E-state index contributed by atoms with van der Waals surface area (Å²) in [6.07, 6.45) is 1.38. The molecule has 0 aliphatic heterocycles. The van der Waals surface area contributed by atoms with Gasteiger partial charge in [0.05, 0.1) is 6.61 Å². The van der Waals surface area contributed by atoms with Crippen molar-refractivity contribution in [2.24, 2.45) is 0 Å². The summed E-state index contributed by atoms with van der Waals surface area (Å²) in [5.41, 5.74) is 2.49. The number of ether oxygens (including phenoxy) is 1. The smallest absolute Gasteiger partial charge is 0.333 e. The molecule has 0 spiro atoms. The van der Waals surface area contributed by atoms with Crippen LogP contribution < -0.4 is 4.90 Å². The molecule has 0 heterocycles. The molecular weight excluding hydrogens is 266 g/mol. The third-order valence-electron chi connectivity index (χ3n) is 3.04. The molecule has 0 atom stereocenters. The Kier molecular flexibility index (Phi) is 6.66. The number of esters is 1. The van der Waals surface area contributed by atoms with E-state index in [2.05, 4.69) is 6.58 Å². The van der Waals surface area contributed by atoms with Crippen molar-refractivity contribution in [3.05, 3.63) is 42.0 Å². The Morgan fingerprint density at radius 3 is 2.33 bits per heavy atom. The molecule has 0 N–H and O–H groups in total. The Bertz CT molecular complexity index is 503. The van der Waals surface area contributed by atoms with Crippen molar-refractivity contribution in [2.75, 3.05) is 25.6 Å². The number of hydrogen-bond donors (Lipinski definition) is 0. The third-order valence-corrected chi connectivity index (χ3v) is 3.04. The molecule has 0 radical (unpaired) electrons. The minimum absolute atomic E-state index is 0.152. The molecule has 0 saturated carbocycles. The average molecular weight is 289 g/mol. The monoisotopic (exact) mass is 289 g/mol. The van der Waals surface area contributed by atoms with Crippen LogP contribution in [0, 0.1) is 0 Å². The van der Waals surface area contributed by atoms with Crippen LogP contribution in [0.1, 0.15) is 25.3 Å². The molecule has 4 nitrogen and oxygen atoms in total. The Morgan fingerprint density at radius 1 is 1.19 bits per heavy atom. The number of carbonyl (C=O) groups is 2. The van der Waals surface area contributed by atoms with Crippen molar-refractivity contribution in [1.82, 2.24) is 0 Å². The fraction of sp³-hybridized carbons (Fsp3) is 0.412. The summed E-state index contributed by atoms with van der Waals surface area (Å²) in [4.78, 5) is 25.0. The molecule has 0 saturated heterocycles. The van der Waals surface area contributed by atoms with Crippen LogP contribution in [-0.4, -0.2) is 32.5 Å². The Hall–Kier alpha value is -2.10. The number of hydrogen-bond acceptors (Lipinski definition) is 4. The summed E-state index contributed by atoms with van der Waals surface area (Å²) in [7, 11) is 3.96. The van der Waals surface area contributed by atoms with Crippen molar-refractivity contribution in [1.29, 1.82) is 0 Å². The molecule has 0 unspecified atom stereocenters. The van der Waals surface area contributed by atoms with Gasteiger partial charge in [-0.25, -0.2) is 4.79 Å². The van der Waals surface area contributed by atoms with Crippen LogP contribution in [0.2, 0.25) is 0 Å². The lowest BCUT2D eigenvalue weighted by Crippen LogP contribution is -2.10. The highest BCUT2D eigenvalue weighted by atomic mass is 16.5. The van der Waals surface area contributed by atoms with Crippen molar-refractivity contribution < 1.29 is 14.3 Å². The second-order valence-electron chi connectivity index (χ2n) is 5.30. The molecule has 114 valence electrons. The first kappa shape index (κ1) is 17.0. The van der Waals surface area contributed by atoms with Gasteiger partial charge in [-0.15, -0.1) is 0 Å². The fourth-order valence-electron chi connectivity index (χ4n) is 1.79. The van der Waals surface area contributed by atoms with E-state index in [9.17, 15) is 9.59 Å². The van der Waals surface area contributed by atoms with Crippen LogP contribution >= 0.6 is 0 Å². The molecule has 1 aromatic carbocycles. The number of ketones is 1. The summed E-state index contributed by atoms with van der Waals surface area (Å²) in [5.74, 6) is -0.249. The predicted octanol–water partition coefficient (Wildman–Crippen LogP) is 2.76. The van der Waals surface area contributed by atoms with Gasteiger partial charge in [0.2, 0.25) is 0 Å². The van der Waals surface area contributed by atoms with Crippen molar-refractivity contribution in [2.45, 2.75) is 26.2 Å². The third kappa shape index (κ3) is 6.25. The average Bonchev–Trinajstić information content (AvgIpc) is 2.43. The highest BCUT2D eigenvalue weighted by Gasteiger charge is 2.06. The molecule has 0 aromatic heterocycles. The summed E-state index contributed by atoms with van der Waals surface area (Å²) >= 11 is 0. The van der Waals surface area contributed by atoms with E-state index >= 15 is 0 Å². The molecule has 0 aliphatic carbocycles. The fourth-order valence-corrected chi connectivity index (χ4v) is 1.79. The molecule has 0 aliphatic rings. The van der Waals surface area contributed by atoms with E-state index in [1.807, 2.05) is 43.3 Å². The number of anilines is 1. The van der Waals surface area contributed by atoms with E-state index in [0.29, 0.717) is 24.8 Å². The lowest BCUT2D eigenvalue weighted by atomic mass is 10.1. The maximum atomic E-state index is 11.8. The first-order chi connectivity index (χ1) is 9.90. The number of benzene rings is 1. The Morgan fingerprint density at radius 2 is 1.81 bits per heavy atom. The van der Waals surface area contributed by atoms with Crippen LogP contribution in [0.15, 0.2) is 36.4 Å². The minimum atomic E-state index is -0.401. The Balaban J connectivity index is 2.30. The summed E-state index contributed by atoms with van der Waals surface area (Å²) < 4.78 is 4.95. The maximum Gasteiger partial charge on any atom is 0.333 e. The van der Waals surface area contributed by atoms with E-state index in [-0.39, 0.29) is 12.4 Å². The molecule has 1 aromatic rings. The minimum Gasteiger partial charge on any atom is -0.462 e. The van der Waals surface area contributed by atoms with Crippen LogP contribution in [-0.2, 0) is 20.7 Å². The van der Waals surface area contributed by atoms with Gasteiger partial charge in [0, 0.05) is 38.2 Å². The second-order valence-corrected chi connectivity index (χ2v) is 5.30.